The van der Waals surface area contributed by atoms with Crippen molar-refractivity contribution in [1.82, 2.24) is 20.3 Å². The summed E-state index contributed by atoms with van der Waals surface area (Å²) in [6, 6.07) is 1.64. The van der Waals surface area contributed by atoms with Gasteiger partial charge in [0.05, 0.1) is 18.3 Å². The molecule has 0 aliphatic carbocycles. The Morgan fingerprint density at radius 2 is 1.96 bits per heavy atom. The van der Waals surface area contributed by atoms with Gasteiger partial charge in [-0.15, -0.1) is 0 Å². The van der Waals surface area contributed by atoms with Gasteiger partial charge in [0.15, 0.2) is 0 Å². The van der Waals surface area contributed by atoms with Crippen molar-refractivity contribution < 1.29 is 14.1 Å². The summed E-state index contributed by atoms with van der Waals surface area (Å²) in [5.74, 6) is 0.322. The summed E-state index contributed by atoms with van der Waals surface area (Å²) in [6.07, 6.45) is 0.927. The van der Waals surface area contributed by atoms with Gasteiger partial charge in [-0.1, -0.05) is 12.1 Å². The predicted molar refractivity (Wildman–Crippen MR) is 95.2 cm³/mol. The average molecular weight is 351 g/mol. The van der Waals surface area contributed by atoms with E-state index in [1.54, 1.807) is 13.0 Å². The molecule has 140 valence electrons. The number of piperazine rings is 1. The summed E-state index contributed by atoms with van der Waals surface area (Å²) in [5, 5.41) is 9.49. The molecule has 1 aliphatic heterocycles. The molecule has 2 heterocycles. The van der Waals surface area contributed by atoms with Gasteiger partial charge >= 0.3 is 0 Å². The zero-order valence-corrected chi connectivity index (χ0v) is 15.5. The largest absolute Gasteiger partial charge is 0.353 e. The highest BCUT2D eigenvalue weighted by molar-refractivity contribution is 5.93. The van der Waals surface area contributed by atoms with Gasteiger partial charge < -0.3 is 9.84 Å². The van der Waals surface area contributed by atoms with Gasteiger partial charge in [0.1, 0.15) is 0 Å². The van der Waals surface area contributed by atoms with Gasteiger partial charge in [0, 0.05) is 38.3 Å². The van der Waals surface area contributed by atoms with E-state index in [-0.39, 0.29) is 23.9 Å². The lowest BCUT2D eigenvalue weighted by molar-refractivity contribution is -0.125. The fourth-order valence-electron chi connectivity index (χ4n) is 2.75. The standard InChI is InChI=1S/C17H29N5O3/c1-5-12(2)18-15(23)11-21-6-8-22(9-7-21)14(4)17(24)19-16-10-13(3)20-25-16/h10,12,14H,5-9,11H2,1-4H3,(H,18,23)(H,19,24). The third-order valence-electron chi connectivity index (χ3n) is 4.60. The number of carbonyl (C=O) groups is 2. The Labute approximate surface area is 148 Å². The lowest BCUT2D eigenvalue weighted by Gasteiger charge is -2.37. The number of rotatable bonds is 7. The van der Waals surface area contributed by atoms with Crippen LogP contribution in [0.4, 0.5) is 5.88 Å². The van der Waals surface area contributed by atoms with Crippen LogP contribution in [0.3, 0.4) is 0 Å². The number of amides is 2. The lowest BCUT2D eigenvalue weighted by atomic mass is 10.2. The van der Waals surface area contributed by atoms with Crippen LogP contribution in [0.1, 0.15) is 32.9 Å². The Bertz CT molecular complexity index is 581. The second kappa shape index (κ2) is 8.96. The molecule has 2 rings (SSSR count). The van der Waals surface area contributed by atoms with Crippen LogP contribution in [-0.2, 0) is 9.59 Å². The SMILES string of the molecule is CCC(C)NC(=O)CN1CCN(C(C)C(=O)Nc2cc(C)no2)CC1. The first-order valence-electron chi connectivity index (χ1n) is 8.89. The number of nitrogens with zero attached hydrogens (tertiary/aromatic N) is 3. The van der Waals surface area contributed by atoms with Crippen LogP contribution in [0, 0.1) is 6.92 Å². The molecule has 25 heavy (non-hydrogen) atoms. The van der Waals surface area contributed by atoms with Crippen LogP contribution >= 0.6 is 0 Å². The molecule has 2 atom stereocenters. The molecule has 1 saturated heterocycles. The maximum atomic E-state index is 12.3. The van der Waals surface area contributed by atoms with E-state index in [0.29, 0.717) is 12.4 Å². The van der Waals surface area contributed by atoms with E-state index >= 15 is 0 Å². The van der Waals surface area contributed by atoms with Crippen molar-refractivity contribution >= 4 is 17.7 Å². The molecule has 1 aromatic rings. The highest BCUT2D eigenvalue weighted by Crippen LogP contribution is 2.12. The average Bonchev–Trinajstić information content (AvgIpc) is 2.99. The molecular weight excluding hydrogens is 322 g/mol. The third-order valence-corrected chi connectivity index (χ3v) is 4.60. The molecular formula is C17H29N5O3. The van der Waals surface area contributed by atoms with Gasteiger partial charge in [0.25, 0.3) is 0 Å². The first-order valence-corrected chi connectivity index (χ1v) is 8.89. The number of carbonyl (C=O) groups excluding carboxylic acids is 2. The Morgan fingerprint density at radius 3 is 2.52 bits per heavy atom. The van der Waals surface area contributed by atoms with E-state index in [1.807, 2.05) is 13.8 Å². The minimum Gasteiger partial charge on any atom is -0.353 e. The maximum absolute atomic E-state index is 12.3. The molecule has 2 unspecified atom stereocenters. The highest BCUT2D eigenvalue weighted by Gasteiger charge is 2.27. The van der Waals surface area contributed by atoms with Crippen LogP contribution in [-0.4, -0.2) is 71.6 Å². The van der Waals surface area contributed by atoms with E-state index in [0.717, 1.165) is 38.3 Å². The zero-order chi connectivity index (χ0) is 18.4. The molecule has 0 saturated carbocycles. The van der Waals surface area contributed by atoms with Crippen molar-refractivity contribution in [3.63, 3.8) is 0 Å². The Hall–Kier alpha value is -1.93. The maximum Gasteiger partial charge on any atom is 0.243 e. The summed E-state index contributed by atoms with van der Waals surface area (Å²) in [4.78, 5) is 28.5. The Morgan fingerprint density at radius 1 is 1.28 bits per heavy atom. The van der Waals surface area contributed by atoms with Gasteiger partial charge in [-0.2, -0.15) is 0 Å². The smallest absolute Gasteiger partial charge is 0.243 e. The number of anilines is 1. The summed E-state index contributed by atoms with van der Waals surface area (Å²) >= 11 is 0. The van der Waals surface area contributed by atoms with Crippen molar-refractivity contribution in [2.24, 2.45) is 0 Å². The normalized spacial score (nSPS) is 18.6. The van der Waals surface area contributed by atoms with E-state index in [2.05, 4.69) is 32.5 Å². The fraction of sp³-hybridized carbons (Fsp3) is 0.706. The van der Waals surface area contributed by atoms with Crippen molar-refractivity contribution in [1.29, 1.82) is 0 Å². The monoisotopic (exact) mass is 351 g/mol. The van der Waals surface area contributed by atoms with Crippen LogP contribution in [0.2, 0.25) is 0 Å². The van der Waals surface area contributed by atoms with Crippen molar-refractivity contribution in [2.75, 3.05) is 38.0 Å². The molecule has 2 amide bonds. The number of hydrogen-bond donors (Lipinski definition) is 2. The molecule has 0 bridgehead atoms. The van der Waals surface area contributed by atoms with Gasteiger partial charge in [0.2, 0.25) is 17.7 Å². The van der Waals surface area contributed by atoms with E-state index in [9.17, 15) is 9.59 Å². The van der Waals surface area contributed by atoms with Gasteiger partial charge in [-0.3, -0.25) is 24.7 Å². The quantitative estimate of drug-likeness (QED) is 0.757. The summed E-state index contributed by atoms with van der Waals surface area (Å²) in [7, 11) is 0. The van der Waals surface area contributed by atoms with Crippen LogP contribution in [0.15, 0.2) is 10.6 Å². The summed E-state index contributed by atoms with van der Waals surface area (Å²) in [6.45, 7) is 11.2. The summed E-state index contributed by atoms with van der Waals surface area (Å²) < 4.78 is 5.02. The molecule has 0 aromatic carbocycles. The van der Waals surface area contributed by atoms with E-state index < -0.39 is 0 Å². The zero-order valence-electron chi connectivity index (χ0n) is 15.5. The topological polar surface area (TPSA) is 90.7 Å². The van der Waals surface area contributed by atoms with Crippen LogP contribution in [0.5, 0.6) is 0 Å². The van der Waals surface area contributed by atoms with Crippen molar-refractivity contribution in [3.05, 3.63) is 11.8 Å². The fourth-order valence-corrected chi connectivity index (χ4v) is 2.75. The first-order chi connectivity index (χ1) is 11.9. The molecule has 0 spiro atoms. The molecule has 1 fully saturated rings. The number of aromatic nitrogens is 1. The minimum atomic E-state index is -0.263. The highest BCUT2D eigenvalue weighted by atomic mass is 16.5. The van der Waals surface area contributed by atoms with Crippen LogP contribution in [0.25, 0.3) is 0 Å². The second-order valence-corrected chi connectivity index (χ2v) is 6.69. The predicted octanol–water partition coefficient (Wildman–Crippen LogP) is 0.842. The van der Waals surface area contributed by atoms with Crippen molar-refractivity contribution in [2.45, 2.75) is 46.2 Å². The van der Waals surface area contributed by atoms with E-state index in [4.69, 9.17) is 4.52 Å². The van der Waals surface area contributed by atoms with Gasteiger partial charge in [-0.05, 0) is 27.2 Å². The molecule has 2 N–H and O–H groups in total. The molecule has 1 aromatic heterocycles. The van der Waals surface area contributed by atoms with Crippen molar-refractivity contribution in [3.8, 4) is 0 Å². The molecule has 1 aliphatic rings. The lowest BCUT2D eigenvalue weighted by Crippen LogP contribution is -2.54. The number of aryl methyl sites for hydroxylation is 1. The first kappa shape index (κ1) is 19.4. The van der Waals surface area contributed by atoms with Gasteiger partial charge in [-0.25, -0.2) is 0 Å². The summed E-state index contributed by atoms with van der Waals surface area (Å²) in [5.41, 5.74) is 0.729. The Kier molecular flexibility index (Phi) is 6.95. The van der Waals surface area contributed by atoms with E-state index in [1.165, 1.54) is 0 Å². The molecule has 8 heteroatoms. The Balaban J connectivity index is 1.75. The number of hydrogen-bond acceptors (Lipinski definition) is 6. The minimum absolute atomic E-state index is 0.0641. The third kappa shape index (κ3) is 5.82. The molecule has 8 nitrogen and oxygen atoms in total. The number of nitrogens with one attached hydrogen (secondary N) is 2. The second-order valence-electron chi connectivity index (χ2n) is 6.69. The van der Waals surface area contributed by atoms with Crippen LogP contribution < -0.4 is 10.6 Å². The molecule has 0 radical (unpaired) electrons.